The first-order chi connectivity index (χ1) is 9.20. The van der Waals surface area contributed by atoms with Crippen molar-refractivity contribution in [3.8, 4) is 5.75 Å². The molecule has 0 radical (unpaired) electrons. The fourth-order valence-electron chi connectivity index (χ4n) is 1.94. The van der Waals surface area contributed by atoms with Gasteiger partial charge in [0.25, 0.3) is 0 Å². The van der Waals surface area contributed by atoms with E-state index in [0.29, 0.717) is 0 Å². The van der Waals surface area contributed by atoms with Crippen LogP contribution in [0.25, 0.3) is 0 Å². The molecule has 0 aliphatic carbocycles. The van der Waals surface area contributed by atoms with E-state index in [0.717, 1.165) is 24.5 Å². The van der Waals surface area contributed by atoms with Crippen LogP contribution >= 0.6 is 0 Å². The number of nitrogens with zero attached hydrogens (tertiary/aromatic N) is 2. The van der Waals surface area contributed by atoms with E-state index in [9.17, 15) is 0 Å². The van der Waals surface area contributed by atoms with Gasteiger partial charge in [-0.15, -0.1) is 0 Å². The Morgan fingerprint density at radius 2 is 2.11 bits per heavy atom. The van der Waals surface area contributed by atoms with Crippen LogP contribution in [-0.2, 0) is 13.1 Å². The molecule has 0 atom stereocenters. The van der Waals surface area contributed by atoms with Crippen LogP contribution in [0.15, 0.2) is 36.8 Å². The van der Waals surface area contributed by atoms with Crippen molar-refractivity contribution < 1.29 is 4.74 Å². The summed E-state index contributed by atoms with van der Waals surface area (Å²) in [5.74, 6) is 0.889. The van der Waals surface area contributed by atoms with Crippen LogP contribution in [0.1, 0.15) is 26.5 Å². The van der Waals surface area contributed by atoms with Crippen molar-refractivity contribution in [2.75, 3.05) is 5.32 Å². The second-order valence-corrected chi connectivity index (χ2v) is 4.69. The van der Waals surface area contributed by atoms with Crippen LogP contribution in [-0.4, -0.2) is 15.7 Å². The first-order valence-electron chi connectivity index (χ1n) is 6.69. The van der Waals surface area contributed by atoms with Gasteiger partial charge in [0.05, 0.1) is 30.4 Å². The van der Waals surface area contributed by atoms with Gasteiger partial charge in [0.2, 0.25) is 0 Å². The summed E-state index contributed by atoms with van der Waals surface area (Å²) in [5, 5.41) is 3.41. The maximum absolute atomic E-state index is 5.79. The molecule has 2 aromatic rings. The van der Waals surface area contributed by atoms with Crippen molar-refractivity contribution in [2.45, 2.75) is 40.0 Å². The molecule has 4 heteroatoms. The van der Waals surface area contributed by atoms with Gasteiger partial charge in [-0.3, -0.25) is 0 Å². The van der Waals surface area contributed by atoms with E-state index in [2.05, 4.69) is 21.8 Å². The minimum atomic E-state index is 0.170. The average Bonchev–Trinajstić information content (AvgIpc) is 2.84. The van der Waals surface area contributed by atoms with E-state index in [1.165, 1.54) is 5.69 Å². The van der Waals surface area contributed by atoms with Crippen molar-refractivity contribution >= 4 is 5.69 Å². The van der Waals surface area contributed by atoms with E-state index in [-0.39, 0.29) is 6.10 Å². The molecule has 1 aromatic heterocycles. The van der Waals surface area contributed by atoms with Crippen LogP contribution in [0.2, 0.25) is 0 Å². The number of hydrogen-bond acceptors (Lipinski definition) is 3. The van der Waals surface area contributed by atoms with Crippen molar-refractivity contribution in [1.82, 2.24) is 9.55 Å². The summed E-state index contributed by atoms with van der Waals surface area (Å²) in [5.41, 5.74) is 2.18. The van der Waals surface area contributed by atoms with Gasteiger partial charge < -0.3 is 14.6 Å². The molecule has 0 fully saturated rings. The van der Waals surface area contributed by atoms with Gasteiger partial charge in [-0.2, -0.15) is 0 Å². The Bertz CT molecular complexity index is 520. The first-order valence-corrected chi connectivity index (χ1v) is 6.69. The SMILES string of the molecule is CCn1cncc1CNc1ccccc1OC(C)C. The van der Waals surface area contributed by atoms with E-state index >= 15 is 0 Å². The van der Waals surface area contributed by atoms with Crippen molar-refractivity contribution in [2.24, 2.45) is 0 Å². The lowest BCUT2D eigenvalue weighted by molar-refractivity contribution is 0.243. The lowest BCUT2D eigenvalue weighted by Gasteiger charge is -2.15. The average molecular weight is 259 g/mol. The predicted molar refractivity (Wildman–Crippen MR) is 77.4 cm³/mol. The molecule has 1 heterocycles. The molecule has 19 heavy (non-hydrogen) atoms. The maximum atomic E-state index is 5.79. The molecule has 0 saturated carbocycles. The monoisotopic (exact) mass is 259 g/mol. The number of anilines is 1. The molecule has 0 aliphatic rings. The van der Waals surface area contributed by atoms with Gasteiger partial charge in [-0.1, -0.05) is 12.1 Å². The van der Waals surface area contributed by atoms with E-state index in [1.54, 1.807) is 0 Å². The number of hydrogen-bond donors (Lipinski definition) is 1. The van der Waals surface area contributed by atoms with Crippen molar-refractivity contribution in [3.63, 3.8) is 0 Å². The highest BCUT2D eigenvalue weighted by Gasteiger charge is 2.06. The van der Waals surface area contributed by atoms with Crippen LogP contribution < -0.4 is 10.1 Å². The van der Waals surface area contributed by atoms with Gasteiger partial charge >= 0.3 is 0 Å². The first kappa shape index (κ1) is 13.5. The van der Waals surface area contributed by atoms with Gasteiger partial charge in [0.1, 0.15) is 5.75 Å². The highest BCUT2D eigenvalue weighted by atomic mass is 16.5. The summed E-state index contributed by atoms with van der Waals surface area (Å²) in [7, 11) is 0. The number of aryl methyl sites for hydroxylation is 1. The molecule has 0 amide bonds. The lowest BCUT2D eigenvalue weighted by Crippen LogP contribution is -2.10. The molecule has 102 valence electrons. The third-order valence-corrected chi connectivity index (χ3v) is 2.85. The topological polar surface area (TPSA) is 39.1 Å². The Morgan fingerprint density at radius 3 is 2.84 bits per heavy atom. The van der Waals surface area contributed by atoms with Gasteiger partial charge in [-0.05, 0) is 32.9 Å². The molecule has 0 unspecified atom stereocenters. The number of aromatic nitrogens is 2. The van der Waals surface area contributed by atoms with Crippen molar-refractivity contribution in [3.05, 3.63) is 42.5 Å². The zero-order chi connectivity index (χ0) is 13.7. The number of imidazole rings is 1. The molecule has 0 aliphatic heterocycles. The quantitative estimate of drug-likeness (QED) is 0.865. The minimum absolute atomic E-state index is 0.170. The summed E-state index contributed by atoms with van der Waals surface area (Å²) in [6.45, 7) is 7.85. The van der Waals surface area contributed by atoms with E-state index in [1.807, 2.05) is 50.6 Å². The summed E-state index contributed by atoms with van der Waals surface area (Å²) >= 11 is 0. The molecule has 0 saturated heterocycles. The Balaban J connectivity index is 2.07. The molecular weight excluding hydrogens is 238 g/mol. The molecule has 2 rings (SSSR count). The molecule has 1 N–H and O–H groups in total. The van der Waals surface area contributed by atoms with Crippen LogP contribution in [0.4, 0.5) is 5.69 Å². The fourth-order valence-corrected chi connectivity index (χ4v) is 1.94. The largest absolute Gasteiger partial charge is 0.489 e. The predicted octanol–water partition coefficient (Wildman–Crippen LogP) is 3.30. The second-order valence-electron chi connectivity index (χ2n) is 4.69. The Labute approximate surface area is 114 Å². The van der Waals surface area contributed by atoms with Gasteiger partial charge in [-0.25, -0.2) is 4.98 Å². The van der Waals surface area contributed by atoms with Gasteiger partial charge in [0, 0.05) is 12.7 Å². The van der Waals surface area contributed by atoms with Gasteiger partial charge in [0.15, 0.2) is 0 Å². The number of rotatable bonds is 6. The molecular formula is C15H21N3O. The van der Waals surface area contributed by atoms with Crippen LogP contribution in [0.3, 0.4) is 0 Å². The summed E-state index contributed by atoms with van der Waals surface area (Å²) in [6.07, 6.45) is 3.92. The Morgan fingerprint density at radius 1 is 1.32 bits per heavy atom. The standard InChI is InChI=1S/C15H21N3O/c1-4-18-11-16-9-13(18)10-17-14-7-5-6-8-15(14)19-12(2)3/h5-9,11-12,17H,4,10H2,1-3H3. The highest BCUT2D eigenvalue weighted by molar-refractivity contribution is 5.56. The maximum Gasteiger partial charge on any atom is 0.142 e. The second kappa shape index (κ2) is 6.27. The van der Waals surface area contributed by atoms with Crippen molar-refractivity contribution in [1.29, 1.82) is 0 Å². The van der Waals surface area contributed by atoms with E-state index < -0.39 is 0 Å². The Kier molecular flexibility index (Phi) is 4.44. The minimum Gasteiger partial charge on any atom is -0.489 e. The Hall–Kier alpha value is -1.97. The molecule has 1 aromatic carbocycles. The molecule has 4 nitrogen and oxygen atoms in total. The third kappa shape index (κ3) is 3.50. The smallest absolute Gasteiger partial charge is 0.142 e. The number of nitrogens with one attached hydrogen (secondary N) is 1. The summed E-state index contributed by atoms with van der Waals surface area (Å²) < 4.78 is 7.91. The van der Waals surface area contributed by atoms with Crippen LogP contribution in [0.5, 0.6) is 5.75 Å². The highest BCUT2D eigenvalue weighted by Crippen LogP contribution is 2.25. The number of para-hydroxylation sites is 2. The zero-order valence-corrected chi connectivity index (χ0v) is 11.8. The number of ether oxygens (including phenoxy) is 1. The number of benzene rings is 1. The lowest BCUT2D eigenvalue weighted by atomic mass is 10.2. The zero-order valence-electron chi connectivity index (χ0n) is 11.8. The normalized spacial score (nSPS) is 10.7. The van der Waals surface area contributed by atoms with E-state index in [4.69, 9.17) is 4.74 Å². The summed E-state index contributed by atoms with van der Waals surface area (Å²) in [6, 6.07) is 8.01. The fraction of sp³-hybridized carbons (Fsp3) is 0.400. The van der Waals surface area contributed by atoms with Crippen LogP contribution in [0, 0.1) is 0 Å². The summed E-state index contributed by atoms with van der Waals surface area (Å²) in [4.78, 5) is 4.17. The third-order valence-electron chi connectivity index (χ3n) is 2.85. The molecule has 0 spiro atoms. The molecule has 0 bridgehead atoms.